The lowest BCUT2D eigenvalue weighted by Crippen LogP contribution is -2.10. The second kappa shape index (κ2) is 5.45. The average molecular weight is 278 g/mol. The van der Waals surface area contributed by atoms with E-state index in [9.17, 15) is 4.79 Å². The van der Waals surface area contributed by atoms with Crippen LogP contribution in [0.25, 0.3) is 0 Å². The first kappa shape index (κ1) is 13.6. The third kappa shape index (κ3) is 2.96. The summed E-state index contributed by atoms with van der Waals surface area (Å²) in [7, 11) is 1.84. The number of nitrogens with two attached hydrogens (primary N) is 1. The van der Waals surface area contributed by atoms with Crippen molar-refractivity contribution in [3.63, 3.8) is 0 Å². The SMILES string of the molecule is CCc1cc(CC(=O)c2ccc(Cl)cc2N)n(C)n1. The highest BCUT2D eigenvalue weighted by molar-refractivity contribution is 6.31. The largest absolute Gasteiger partial charge is 0.398 e. The second-order valence-corrected chi connectivity index (χ2v) is 4.87. The van der Waals surface area contributed by atoms with E-state index >= 15 is 0 Å². The number of anilines is 1. The van der Waals surface area contributed by atoms with Crippen molar-refractivity contribution in [2.24, 2.45) is 7.05 Å². The summed E-state index contributed by atoms with van der Waals surface area (Å²) in [6.07, 6.45) is 1.14. The molecule has 2 N–H and O–H groups in total. The van der Waals surface area contributed by atoms with Gasteiger partial charge in [0.1, 0.15) is 0 Å². The number of nitrogens with zero attached hydrogens (tertiary/aromatic N) is 2. The highest BCUT2D eigenvalue weighted by Crippen LogP contribution is 2.20. The molecule has 1 heterocycles. The van der Waals surface area contributed by atoms with Gasteiger partial charge in [-0.2, -0.15) is 5.10 Å². The molecule has 0 saturated carbocycles. The number of carbonyl (C=O) groups excluding carboxylic acids is 1. The maximum atomic E-state index is 12.2. The first-order valence-electron chi connectivity index (χ1n) is 6.11. The van der Waals surface area contributed by atoms with Crippen LogP contribution < -0.4 is 5.73 Å². The molecule has 100 valence electrons. The van der Waals surface area contributed by atoms with Crippen LogP contribution in [0.5, 0.6) is 0 Å². The molecule has 0 aliphatic heterocycles. The summed E-state index contributed by atoms with van der Waals surface area (Å²) in [4.78, 5) is 12.2. The molecule has 19 heavy (non-hydrogen) atoms. The van der Waals surface area contributed by atoms with Crippen molar-refractivity contribution in [2.75, 3.05) is 5.73 Å². The zero-order valence-corrected chi connectivity index (χ0v) is 11.7. The van der Waals surface area contributed by atoms with E-state index in [0.29, 0.717) is 16.3 Å². The second-order valence-electron chi connectivity index (χ2n) is 4.44. The number of benzene rings is 1. The molecule has 0 aliphatic carbocycles. The van der Waals surface area contributed by atoms with Crippen molar-refractivity contribution >= 4 is 23.1 Å². The quantitative estimate of drug-likeness (QED) is 0.690. The van der Waals surface area contributed by atoms with Crippen LogP contribution in [0.15, 0.2) is 24.3 Å². The Balaban J connectivity index is 2.23. The lowest BCUT2D eigenvalue weighted by atomic mass is 10.0. The van der Waals surface area contributed by atoms with Gasteiger partial charge in [0.05, 0.1) is 12.1 Å². The van der Waals surface area contributed by atoms with Crippen molar-refractivity contribution in [1.82, 2.24) is 9.78 Å². The smallest absolute Gasteiger partial charge is 0.170 e. The van der Waals surface area contributed by atoms with Crippen molar-refractivity contribution in [2.45, 2.75) is 19.8 Å². The Bertz CT molecular complexity index is 619. The van der Waals surface area contributed by atoms with Crippen LogP contribution in [0.4, 0.5) is 5.69 Å². The van der Waals surface area contributed by atoms with Gasteiger partial charge in [0, 0.05) is 29.0 Å². The molecule has 4 nitrogen and oxygen atoms in total. The minimum Gasteiger partial charge on any atom is -0.398 e. The Labute approximate surface area is 117 Å². The zero-order valence-electron chi connectivity index (χ0n) is 11.0. The van der Waals surface area contributed by atoms with Crippen molar-refractivity contribution in [3.8, 4) is 0 Å². The first-order chi connectivity index (χ1) is 9.01. The topological polar surface area (TPSA) is 60.9 Å². The molecule has 0 unspecified atom stereocenters. The number of Topliss-reactive ketones (excluding diaryl/α,β-unsaturated/α-hetero) is 1. The number of halogens is 1. The summed E-state index contributed by atoms with van der Waals surface area (Å²) in [6.45, 7) is 2.03. The number of hydrogen-bond acceptors (Lipinski definition) is 3. The summed E-state index contributed by atoms with van der Waals surface area (Å²) < 4.78 is 1.74. The van der Waals surface area contributed by atoms with E-state index in [2.05, 4.69) is 5.10 Å². The maximum Gasteiger partial charge on any atom is 0.170 e. The van der Waals surface area contributed by atoms with Crippen LogP contribution in [0, 0.1) is 0 Å². The summed E-state index contributed by atoms with van der Waals surface area (Å²) in [5, 5.41) is 4.85. The van der Waals surface area contributed by atoms with Gasteiger partial charge >= 0.3 is 0 Å². The Hall–Kier alpha value is -1.81. The number of carbonyl (C=O) groups is 1. The molecular weight excluding hydrogens is 262 g/mol. The molecule has 0 spiro atoms. The molecule has 0 saturated heterocycles. The number of ketones is 1. The highest BCUT2D eigenvalue weighted by atomic mass is 35.5. The summed E-state index contributed by atoms with van der Waals surface area (Å²) >= 11 is 5.82. The summed E-state index contributed by atoms with van der Waals surface area (Å²) in [5.41, 5.74) is 8.60. The fourth-order valence-electron chi connectivity index (χ4n) is 1.96. The van der Waals surface area contributed by atoms with Gasteiger partial charge in [-0.15, -0.1) is 0 Å². The number of nitrogen functional groups attached to an aromatic ring is 1. The average Bonchev–Trinajstić information content (AvgIpc) is 2.70. The van der Waals surface area contributed by atoms with Gasteiger partial charge in [-0.1, -0.05) is 18.5 Å². The minimum absolute atomic E-state index is 0.0279. The van der Waals surface area contributed by atoms with Crippen LogP contribution in [0.3, 0.4) is 0 Å². The third-order valence-electron chi connectivity index (χ3n) is 3.05. The molecule has 1 aromatic carbocycles. The van der Waals surface area contributed by atoms with Crippen LogP contribution in [0.1, 0.15) is 28.7 Å². The van der Waals surface area contributed by atoms with E-state index in [-0.39, 0.29) is 12.2 Å². The number of aromatic nitrogens is 2. The lowest BCUT2D eigenvalue weighted by Gasteiger charge is -2.05. The number of rotatable bonds is 4. The molecule has 0 aliphatic rings. The zero-order chi connectivity index (χ0) is 14.0. The summed E-state index contributed by atoms with van der Waals surface area (Å²) in [6, 6.07) is 6.88. The minimum atomic E-state index is -0.0279. The summed E-state index contributed by atoms with van der Waals surface area (Å²) in [5.74, 6) is -0.0279. The van der Waals surface area contributed by atoms with Crippen LogP contribution in [-0.2, 0) is 19.9 Å². The van der Waals surface area contributed by atoms with E-state index in [4.69, 9.17) is 17.3 Å². The Morgan fingerprint density at radius 3 is 2.74 bits per heavy atom. The first-order valence-corrected chi connectivity index (χ1v) is 6.49. The van der Waals surface area contributed by atoms with Crippen LogP contribution in [-0.4, -0.2) is 15.6 Å². The highest BCUT2D eigenvalue weighted by Gasteiger charge is 2.14. The molecule has 0 fully saturated rings. The predicted octanol–water partition coefficient (Wildman–Crippen LogP) is 2.64. The van der Waals surface area contributed by atoms with Gasteiger partial charge in [-0.3, -0.25) is 9.48 Å². The fourth-order valence-corrected chi connectivity index (χ4v) is 2.14. The molecule has 2 rings (SSSR count). The molecule has 0 amide bonds. The van der Waals surface area contributed by atoms with Crippen molar-refractivity contribution in [1.29, 1.82) is 0 Å². The van der Waals surface area contributed by atoms with E-state index in [1.807, 2.05) is 20.0 Å². The van der Waals surface area contributed by atoms with Crippen LogP contribution in [0.2, 0.25) is 5.02 Å². The fraction of sp³-hybridized carbons (Fsp3) is 0.286. The van der Waals surface area contributed by atoms with Gasteiger partial charge in [-0.25, -0.2) is 0 Å². The third-order valence-corrected chi connectivity index (χ3v) is 3.28. The van der Waals surface area contributed by atoms with Gasteiger partial charge in [0.25, 0.3) is 0 Å². The van der Waals surface area contributed by atoms with E-state index in [1.165, 1.54) is 0 Å². The molecule has 2 aromatic rings. The van der Waals surface area contributed by atoms with Gasteiger partial charge in [0.15, 0.2) is 5.78 Å². The standard InChI is InChI=1S/C14H16ClN3O/c1-3-10-7-11(18(2)17-10)8-14(19)12-5-4-9(15)6-13(12)16/h4-7H,3,8,16H2,1-2H3. The van der Waals surface area contributed by atoms with Gasteiger partial charge in [0.2, 0.25) is 0 Å². The Morgan fingerprint density at radius 2 is 2.16 bits per heavy atom. The van der Waals surface area contributed by atoms with Gasteiger partial charge < -0.3 is 5.73 Å². The Morgan fingerprint density at radius 1 is 1.42 bits per heavy atom. The molecule has 5 heteroatoms. The molecule has 0 bridgehead atoms. The van der Waals surface area contributed by atoms with E-state index in [1.54, 1.807) is 22.9 Å². The predicted molar refractivity (Wildman–Crippen MR) is 76.5 cm³/mol. The van der Waals surface area contributed by atoms with Crippen LogP contribution >= 0.6 is 11.6 Å². The van der Waals surface area contributed by atoms with Crippen molar-refractivity contribution < 1.29 is 4.79 Å². The van der Waals surface area contributed by atoms with E-state index < -0.39 is 0 Å². The molecular formula is C14H16ClN3O. The molecule has 0 radical (unpaired) electrons. The molecule has 0 atom stereocenters. The maximum absolute atomic E-state index is 12.2. The monoisotopic (exact) mass is 277 g/mol. The number of aryl methyl sites for hydroxylation is 2. The Kier molecular flexibility index (Phi) is 3.90. The number of hydrogen-bond donors (Lipinski definition) is 1. The normalized spacial score (nSPS) is 10.7. The van der Waals surface area contributed by atoms with Crippen molar-refractivity contribution in [3.05, 3.63) is 46.2 Å². The lowest BCUT2D eigenvalue weighted by molar-refractivity contribution is 0.0991. The van der Waals surface area contributed by atoms with Gasteiger partial charge in [-0.05, 0) is 30.7 Å². The molecule has 1 aromatic heterocycles. The van der Waals surface area contributed by atoms with E-state index in [0.717, 1.165) is 17.8 Å².